The molecule has 19 heavy (non-hydrogen) atoms. The monoisotopic (exact) mass is 278 g/mol. The molecule has 1 amide bonds. The highest BCUT2D eigenvalue weighted by Gasteiger charge is 2.21. The zero-order chi connectivity index (χ0) is 13.5. The third kappa shape index (κ3) is 3.98. The van der Waals surface area contributed by atoms with Crippen molar-refractivity contribution in [1.29, 1.82) is 0 Å². The van der Waals surface area contributed by atoms with Gasteiger partial charge in [-0.05, 0) is 36.3 Å². The highest BCUT2D eigenvalue weighted by atomic mass is 32.2. The van der Waals surface area contributed by atoms with Crippen molar-refractivity contribution < 1.29 is 4.79 Å². The fourth-order valence-corrected chi connectivity index (χ4v) is 2.99. The molecule has 0 unspecified atom stereocenters. The molecule has 1 aliphatic rings. The minimum Gasteiger partial charge on any atom is -0.351 e. The predicted octanol–water partition coefficient (Wildman–Crippen LogP) is 2.25. The van der Waals surface area contributed by atoms with Gasteiger partial charge < -0.3 is 10.6 Å². The Labute approximate surface area is 119 Å². The van der Waals surface area contributed by atoms with Crippen LogP contribution in [0.15, 0.2) is 24.3 Å². The van der Waals surface area contributed by atoms with Gasteiger partial charge in [0.2, 0.25) is 0 Å². The number of hydrogen-bond acceptors (Lipinski definition) is 3. The summed E-state index contributed by atoms with van der Waals surface area (Å²) in [6, 6.07) is 8.00. The Hall–Kier alpha value is -1.00. The number of carbonyl (C=O) groups is 1. The Morgan fingerprint density at radius 2 is 2.32 bits per heavy atom. The van der Waals surface area contributed by atoms with Gasteiger partial charge in [-0.15, -0.1) is 0 Å². The van der Waals surface area contributed by atoms with Crippen LogP contribution in [0, 0.1) is 0 Å². The second-order valence-electron chi connectivity index (χ2n) is 4.73. The van der Waals surface area contributed by atoms with Crippen LogP contribution in [0.25, 0.3) is 0 Å². The van der Waals surface area contributed by atoms with Gasteiger partial charge >= 0.3 is 0 Å². The summed E-state index contributed by atoms with van der Waals surface area (Å²) in [6.07, 6.45) is 1.12. The maximum atomic E-state index is 12.2. The first kappa shape index (κ1) is 14.4. The van der Waals surface area contributed by atoms with Crippen LogP contribution in [0.4, 0.5) is 0 Å². The van der Waals surface area contributed by atoms with Crippen molar-refractivity contribution in [1.82, 2.24) is 10.6 Å². The summed E-state index contributed by atoms with van der Waals surface area (Å²) in [5.74, 6) is 2.63. The van der Waals surface area contributed by atoms with Crippen LogP contribution in [-0.2, 0) is 0 Å². The molecule has 1 atom stereocenters. The van der Waals surface area contributed by atoms with E-state index in [2.05, 4.69) is 23.6 Å². The van der Waals surface area contributed by atoms with Gasteiger partial charge in [-0.3, -0.25) is 4.79 Å². The standard InChI is InChI=1S/C15H22N2OS/c1-2-19-10-9-17-15(18)14-6-4-3-5-13(14)12-7-8-16-11-12/h3-6,12,16H,2,7-11H2,1H3,(H,17,18)/t12-/m0/s1. The van der Waals surface area contributed by atoms with Gasteiger partial charge in [0.15, 0.2) is 0 Å². The molecule has 3 nitrogen and oxygen atoms in total. The number of rotatable bonds is 6. The van der Waals surface area contributed by atoms with Gasteiger partial charge in [-0.25, -0.2) is 0 Å². The molecule has 0 aromatic heterocycles. The van der Waals surface area contributed by atoms with Crippen molar-refractivity contribution in [3.63, 3.8) is 0 Å². The second-order valence-corrected chi connectivity index (χ2v) is 6.12. The average molecular weight is 278 g/mol. The molecule has 2 rings (SSSR count). The number of carbonyl (C=O) groups excluding carboxylic acids is 1. The van der Waals surface area contributed by atoms with Crippen LogP contribution >= 0.6 is 11.8 Å². The number of benzene rings is 1. The lowest BCUT2D eigenvalue weighted by atomic mass is 9.93. The van der Waals surface area contributed by atoms with E-state index < -0.39 is 0 Å². The molecule has 0 bridgehead atoms. The normalized spacial score (nSPS) is 18.5. The molecule has 4 heteroatoms. The lowest BCUT2D eigenvalue weighted by Gasteiger charge is -2.14. The molecule has 1 saturated heterocycles. The highest BCUT2D eigenvalue weighted by molar-refractivity contribution is 7.99. The summed E-state index contributed by atoms with van der Waals surface area (Å²) in [5.41, 5.74) is 2.03. The number of nitrogens with one attached hydrogen (secondary N) is 2. The summed E-state index contributed by atoms with van der Waals surface area (Å²) in [7, 11) is 0. The molecular formula is C15H22N2OS. The van der Waals surface area contributed by atoms with Crippen LogP contribution in [0.2, 0.25) is 0 Å². The first-order chi connectivity index (χ1) is 9.33. The number of thioether (sulfide) groups is 1. The van der Waals surface area contributed by atoms with E-state index in [1.807, 2.05) is 30.0 Å². The molecule has 0 saturated carbocycles. The maximum absolute atomic E-state index is 12.2. The van der Waals surface area contributed by atoms with Crippen LogP contribution in [0.5, 0.6) is 0 Å². The van der Waals surface area contributed by atoms with Crippen LogP contribution in [-0.4, -0.2) is 37.0 Å². The minimum atomic E-state index is 0.0687. The SMILES string of the molecule is CCSCCNC(=O)c1ccccc1[C@H]1CCNC1. The van der Waals surface area contributed by atoms with Crippen molar-refractivity contribution in [2.24, 2.45) is 0 Å². The summed E-state index contributed by atoms with van der Waals surface area (Å²) in [5, 5.41) is 6.38. The van der Waals surface area contributed by atoms with Crippen molar-refractivity contribution in [3.8, 4) is 0 Å². The third-order valence-electron chi connectivity index (χ3n) is 3.44. The van der Waals surface area contributed by atoms with Gasteiger partial charge in [0.25, 0.3) is 5.91 Å². The summed E-state index contributed by atoms with van der Waals surface area (Å²) < 4.78 is 0. The second kappa shape index (κ2) is 7.56. The Morgan fingerprint density at radius 3 is 3.05 bits per heavy atom. The molecule has 1 heterocycles. The molecule has 1 aromatic carbocycles. The largest absolute Gasteiger partial charge is 0.351 e. The van der Waals surface area contributed by atoms with E-state index in [-0.39, 0.29) is 5.91 Å². The van der Waals surface area contributed by atoms with Crippen molar-refractivity contribution in [3.05, 3.63) is 35.4 Å². The quantitative estimate of drug-likeness (QED) is 0.784. The molecule has 104 valence electrons. The molecule has 0 aliphatic carbocycles. The summed E-state index contributed by atoms with van der Waals surface area (Å²) in [6.45, 7) is 4.91. The molecule has 2 N–H and O–H groups in total. The molecule has 1 aromatic rings. The van der Waals surface area contributed by atoms with E-state index in [0.29, 0.717) is 5.92 Å². The number of amides is 1. The Bertz CT molecular complexity index is 416. The third-order valence-corrected chi connectivity index (χ3v) is 4.34. The van der Waals surface area contributed by atoms with Crippen molar-refractivity contribution >= 4 is 17.7 Å². The Kier molecular flexibility index (Phi) is 5.73. The predicted molar refractivity (Wildman–Crippen MR) is 82.0 cm³/mol. The van der Waals surface area contributed by atoms with E-state index in [1.165, 1.54) is 5.56 Å². The lowest BCUT2D eigenvalue weighted by molar-refractivity contribution is 0.0955. The zero-order valence-electron chi connectivity index (χ0n) is 11.4. The van der Waals surface area contributed by atoms with Gasteiger partial charge in [0.1, 0.15) is 0 Å². The molecular weight excluding hydrogens is 256 g/mol. The lowest BCUT2D eigenvalue weighted by Crippen LogP contribution is -2.27. The Balaban J connectivity index is 2.00. The molecule has 1 fully saturated rings. The molecule has 1 aliphatic heterocycles. The first-order valence-electron chi connectivity index (χ1n) is 6.98. The van der Waals surface area contributed by atoms with Crippen molar-refractivity contribution in [2.45, 2.75) is 19.3 Å². The van der Waals surface area contributed by atoms with Crippen molar-refractivity contribution in [2.75, 3.05) is 31.1 Å². The smallest absolute Gasteiger partial charge is 0.251 e. The van der Waals surface area contributed by atoms with Gasteiger partial charge in [0.05, 0.1) is 0 Å². The summed E-state index contributed by atoms with van der Waals surface area (Å²) >= 11 is 1.85. The summed E-state index contributed by atoms with van der Waals surface area (Å²) in [4.78, 5) is 12.2. The van der Waals surface area contributed by atoms with E-state index in [1.54, 1.807) is 0 Å². The van der Waals surface area contributed by atoms with E-state index >= 15 is 0 Å². The fourth-order valence-electron chi connectivity index (χ4n) is 2.46. The average Bonchev–Trinajstić information content (AvgIpc) is 2.97. The van der Waals surface area contributed by atoms with Gasteiger partial charge in [0, 0.05) is 24.4 Å². The maximum Gasteiger partial charge on any atom is 0.251 e. The molecule has 0 spiro atoms. The minimum absolute atomic E-state index is 0.0687. The van der Waals surface area contributed by atoms with Crippen LogP contribution < -0.4 is 10.6 Å². The first-order valence-corrected chi connectivity index (χ1v) is 8.14. The Morgan fingerprint density at radius 1 is 1.47 bits per heavy atom. The molecule has 0 radical (unpaired) electrons. The van der Waals surface area contributed by atoms with E-state index in [0.717, 1.165) is 43.1 Å². The van der Waals surface area contributed by atoms with E-state index in [4.69, 9.17) is 0 Å². The van der Waals surface area contributed by atoms with Gasteiger partial charge in [-0.1, -0.05) is 25.1 Å². The van der Waals surface area contributed by atoms with Gasteiger partial charge in [-0.2, -0.15) is 11.8 Å². The topological polar surface area (TPSA) is 41.1 Å². The fraction of sp³-hybridized carbons (Fsp3) is 0.533. The highest BCUT2D eigenvalue weighted by Crippen LogP contribution is 2.25. The zero-order valence-corrected chi connectivity index (χ0v) is 12.3. The van der Waals surface area contributed by atoms with E-state index in [9.17, 15) is 4.79 Å². The van der Waals surface area contributed by atoms with Crippen LogP contribution in [0.3, 0.4) is 0 Å². The van der Waals surface area contributed by atoms with Crippen LogP contribution in [0.1, 0.15) is 35.2 Å². The number of hydrogen-bond donors (Lipinski definition) is 2.